The number of hydrogen-bond donors (Lipinski definition) is 2. The number of halogens is 1. The number of nitrogens with zero attached hydrogens (tertiary/aromatic N) is 1. The largest absolute Gasteiger partial charge is 0.476 e. The third kappa shape index (κ3) is 2.16. The van der Waals surface area contributed by atoms with Crippen LogP contribution in [-0.2, 0) is 9.53 Å². The van der Waals surface area contributed by atoms with Crippen molar-refractivity contribution in [3.8, 4) is 0 Å². The van der Waals surface area contributed by atoms with Gasteiger partial charge in [-0.05, 0) is 35.0 Å². The molecule has 0 aliphatic carbocycles. The highest BCUT2D eigenvalue weighted by molar-refractivity contribution is 9.10. The summed E-state index contributed by atoms with van der Waals surface area (Å²) >= 11 is 3.32. The lowest BCUT2D eigenvalue weighted by Crippen LogP contribution is -2.14. The Kier molecular flexibility index (Phi) is 3.09. The van der Waals surface area contributed by atoms with Gasteiger partial charge in [-0.2, -0.15) is 0 Å². The maximum Gasteiger partial charge on any atom is 0.277 e. The number of aromatic amines is 1. The smallest absolute Gasteiger partial charge is 0.277 e. The molecule has 0 atom stereocenters. The fourth-order valence-corrected chi connectivity index (χ4v) is 1.68. The molecule has 16 heavy (non-hydrogen) atoms. The maximum absolute atomic E-state index is 11.5. The van der Waals surface area contributed by atoms with E-state index in [4.69, 9.17) is 4.74 Å². The molecule has 0 fully saturated rings. The van der Waals surface area contributed by atoms with Crippen LogP contribution in [0.2, 0.25) is 0 Å². The molecule has 5 nitrogen and oxygen atoms in total. The molecule has 0 bridgehead atoms. The molecule has 0 saturated carbocycles. The monoisotopic (exact) mass is 283 g/mol. The van der Waals surface area contributed by atoms with Crippen molar-refractivity contribution in [1.82, 2.24) is 10.4 Å². The van der Waals surface area contributed by atoms with Crippen LogP contribution in [-0.4, -0.2) is 23.4 Å². The van der Waals surface area contributed by atoms with Gasteiger partial charge in [-0.25, -0.2) is 5.43 Å². The quantitative estimate of drug-likeness (QED) is 0.811. The third-order valence-electron chi connectivity index (χ3n) is 1.99. The number of rotatable bonds is 2. The average molecular weight is 284 g/mol. The molecule has 1 amide bonds. The van der Waals surface area contributed by atoms with Crippen molar-refractivity contribution in [3.63, 3.8) is 0 Å². The molecule has 2 rings (SSSR count). The molecule has 84 valence electrons. The summed E-state index contributed by atoms with van der Waals surface area (Å²) in [6, 6.07) is 1.86. The fourth-order valence-electron chi connectivity index (χ4n) is 1.32. The van der Waals surface area contributed by atoms with Gasteiger partial charge in [0.1, 0.15) is 5.57 Å². The number of ether oxygens (including phenoxy) is 1. The van der Waals surface area contributed by atoms with Gasteiger partial charge in [-0.15, -0.1) is 5.10 Å². The van der Waals surface area contributed by atoms with Crippen LogP contribution in [0, 0.1) is 0 Å². The summed E-state index contributed by atoms with van der Waals surface area (Å²) in [7, 11) is 0. The minimum absolute atomic E-state index is 0.255. The second-order valence-electron chi connectivity index (χ2n) is 3.12. The Bertz CT molecular complexity index is 476. The number of hydrogen-bond acceptors (Lipinski definition) is 3. The van der Waals surface area contributed by atoms with Gasteiger partial charge < -0.3 is 9.72 Å². The van der Waals surface area contributed by atoms with E-state index >= 15 is 0 Å². The molecule has 1 aliphatic heterocycles. The minimum atomic E-state index is -0.255. The predicted molar refractivity (Wildman–Crippen MR) is 63.7 cm³/mol. The molecule has 0 aromatic carbocycles. The van der Waals surface area contributed by atoms with Gasteiger partial charge >= 0.3 is 0 Å². The molecule has 1 aromatic rings. The Labute approximate surface area is 101 Å². The van der Waals surface area contributed by atoms with Crippen LogP contribution < -0.4 is 5.43 Å². The summed E-state index contributed by atoms with van der Waals surface area (Å²) in [6.07, 6.45) is 3.48. The lowest BCUT2D eigenvalue weighted by molar-refractivity contribution is -0.116. The van der Waals surface area contributed by atoms with Crippen molar-refractivity contribution >= 4 is 33.8 Å². The van der Waals surface area contributed by atoms with E-state index in [1.165, 1.54) is 0 Å². The second kappa shape index (κ2) is 4.52. The number of hydrazone groups is 1. The van der Waals surface area contributed by atoms with Gasteiger partial charge in [-0.1, -0.05) is 0 Å². The van der Waals surface area contributed by atoms with E-state index in [-0.39, 0.29) is 5.91 Å². The second-order valence-corrected chi connectivity index (χ2v) is 4.04. The number of carbonyl (C=O) groups is 1. The first-order valence-corrected chi connectivity index (χ1v) is 5.57. The first-order chi connectivity index (χ1) is 7.70. The van der Waals surface area contributed by atoms with Gasteiger partial charge in [0.05, 0.1) is 6.61 Å². The van der Waals surface area contributed by atoms with Crippen LogP contribution in [0.3, 0.4) is 0 Å². The highest BCUT2D eigenvalue weighted by Gasteiger charge is 2.23. The normalized spacial score (nSPS) is 17.5. The molecular formula is C10H10BrN3O2. The number of nitrogens with one attached hydrogen (secondary N) is 2. The van der Waals surface area contributed by atoms with Crippen LogP contribution in [0.5, 0.6) is 0 Å². The van der Waals surface area contributed by atoms with Crippen molar-refractivity contribution in [1.29, 1.82) is 0 Å². The van der Waals surface area contributed by atoms with Gasteiger partial charge in [0.2, 0.25) is 5.90 Å². The predicted octanol–water partition coefficient (Wildman–Crippen LogP) is 1.64. The molecule has 0 spiro atoms. The molecular weight excluding hydrogens is 274 g/mol. The molecule has 1 aromatic heterocycles. The Morgan fingerprint density at radius 1 is 1.62 bits per heavy atom. The standard InChI is InChI=1S/C10H10BrN3O2/c1-2-16-10-8(9(15)13-14-10)4-7-3-6(11)5-12-7/h3-5,12H,2H2,1H3,(H,13,15). The highest BCUT2D eigenvalue weighted by atomic mass is 79.9. The van der Waals surface area contributed by atoms with Gasteiger partial charge in [0.25, 0.3) is 5.91 Å². The zero-order valence-electron chi connectivity index (χ0n) is 8.58. The zero-order valence-corrected chi connectivity index (χ0v) is 10.2. The molecule has 0 radical (unpaired) electrons. The van der Waals surface area contributed by atoms with Crippen LogP contribution in [0.1, 0.15) is 12.6 Å². The van der Waals surface area contributed by atoms with Crippen molar-refractivity contribution < 1.29 is 9.53 Å². The molecule has 2 heterocycles. The van der Waals surface area contributed by atoms with E-state index in [9.17, 15) is 4.79 Å². The summed E-state index contributed by atoms with van der Waals surface area (Å²) in [5.41, 5.74) is 3.60. The highest BCUT2D eigenvalue weighted by Crippen LogP contribution is 2.16. The molecule has 2 N–H and O–H groups in total. The van der Waals surface area contributed by atoms with Crippen molar-refractivity contribution in [2.45, 2.75) is 6.92 Å². The van der Waals surface area contributed by atoms with Crippen molar-refractivity contribution in [2.75, 3.05) is 6.61 Å². The third-order valence-corrected chi connectivity index (χ3v) is 2.44. The number of carbonyl (C=O) groups excluding carboxylic acids is 1. The number of H-pyrrole nitrogens is 1. The fraction of sp³-hybridized carbons (Fsp3) is 0.200. The van der Waals surface area contributed by atoms with Crippen molar-refractivity contribution in [2.24, 2.45) is 5.10 Å². The zero-order chi connectivity index (χ0) is 11.5. The van der Waals surface area contributed by atoms with Crippen molar-refractivity contribution in [3.05, 3.63) is 28.0 Å². The molecule has 0 unspecified atom stereocenters. The molecule has 1 aliphatic rings. The van der Waals surface area contributed by atoms with E-state index in [0.717, 1.165) is 10.2 Å². The van der Waals surface area contributed by atoms with E-state index in [1.807, 2.05) is 13.0 Å². The average Bonchev–Trinajstić information content (AvgIpc) is 2.79. The number of aromatic nitrogens is 1. The first kappa shape index (κ1) is 10.9. The van der Waals surface area contributed by atoms with E-state index in [0.29, 0.717) is 18.1 Å². The van der Waals surface area contributed by atoms with E-state index in [2.05, 4.69) is 31.4 Å². The number of amides is 1. The summed E-state index contributed by atoms with van der Waals surface area (Å²) in [5.74, 6) is 0.0763. The summed E-state index contributed by atoms with van der Waals surface area (Å²) in [5, 5.41) is 3.79. The molecule has 0 saturated heterocycles. The summed E-state index contributed by atoms with van der Waals surface area (Å²) in [6.45, 7) is 2.31. The Morgan fingerprint density at radius 3 is 3.06 bits per heavy atom. The van der Waals surface area contributed by atoms with Gasteiger partial charge in [-0.3, -0.25) is 4.79 Å². The van der Waals surface area contributed by atoms with Crippen LogP contribution >= 0.6 is 15.9 Å². The Balaban J connectivity index is 2.27. The van der Waals surface area contributed by atoms with E-state index < -0.39 is 0 Å². The van der Waals surface area contributed by atoms with Gasteiger partial charge in [0.15, 0.2) is 0 Å². The van der Waals surface area contributed by atoms with Gasteiger partial charge in [0, 0.05) is 16.4 Å². The first-order valence-electron chi connectivity index (χ1n) is 4.77. The minimum Gasteiger partial charge on any atom is -0.476 e. The maximum atomic E-state index is 11.5. The van der Waals surface area contributed by atoms with Crippen LogP contribution in [0.15, 0.2) is 27.4 Å². The Morgan fingerprint density at radius 2 is 2.44 bits per heavy atom. The SMILES string of the molecule is CCOC1=NNC(=O)C1=Cc1cc(Br)c[nH]1. The lowest BCUT2D eigenvalue weighted by Gasteiger charge is -2.00. The Hall–Kier alpha value is -1.56. The summed E-state index contributed by atoms with van der Waals surface area (Å²) < 4.78 is 6.16. The lowest BCUT2D eigenvalue weighted by atomic mass is 10.2. The van der Waals surface area contributed by atoms with Crippen LogP contribution in [0.25, 0.3) is 6.08 Å². The molecule has 6 heteroatoms. The van der Waals surface area contributed by atoms with E-state index in [1.54, 1.807) is 12.3 Å². The topological polar surface area (TPSA) is 66.5 Å². The van der Waals surface area contributed by atoms with Crippen LogP contribution in [0.4, 0.5) is 0 Å². The summed E-state index contributed by atoms with van der Waals surface area (Å²) in [4.78, 5) is 14.5.